The monoisotopic (exact) mass is 190 g/mol. The Morgan fingerprint density at radius 2 is 2.21 bits per heavy atom. The Balaban J connectivity index is 2.47. The van der Waals surface area contributed by atoms with Gasteiger partial charge in [0.1, 0.15) is 17.6 Å². The van der Waals surface area contributed by atoms with E-state index in [1.165, 1.54) is 0 Å². The molecule has 74 valence electrons. The zero-order valence-corrected chi connectivity index (χ0v) is 8.45. The first-order chi connectivity index (χ1) is 6.72. The predicted octanol–water partition coefficient (Wildman–Crippen LogP) is 2.88. The zero-order valence-electron chi connectivity index (χ0n) is 8.45. The number of phenols is 1. The lowest BCUT2D eigenvalue weighted by atomic mass is 10.0. The van der Waals surface area contributed by atoms with E-state index in [0.717, 1.165) is 23.3 Å². The number of fused-ring (bicyclic) bond motifs is 1. The van der Waals surface area contributed by atoms with Crippen LogP contribution in [-0.2, 0) is 0 Å². The maximum absolute atomic E-state index is 9.53. The van der Waals surface area contributed by atoms with Crippen molar-refractivity contribution in [2.24, 2.45) is 0 Å². The lowest BCUT2D eigenvalue weighted by Crippen LogP contribution is -2.16. The molecule has 1 aromatic carbocycles. The van der Waals surface area contributed by atoms with Crippen molar-refractivity contribution in [2.45, 2.75) is 26.4 Å². The minimum atomic E-state index is 0.142. The van der Waals surface area contributed by atoms with E-state index in [2.05, 4.69) is 19.1 Å². The Morgan fingerprint density at radius 1 is 1.43 bits per heavy atom. The van der Waals surface area contributed by atoms with Gasteiger partial charge in [0.25, 0.3) is 0 Å². The van der Waals surface area contributed by atoms with Gasteiger partial charge in [-0.3, -0.25) is 0 Å². The Bertz CT molecular complexity index is 380. The number of hydrogen-bond donors (Lipinski definition) is 1. The summed E-state index contributed by atoms with van der Waals surface area (Å²) < 4.78 is 5.75. The molecule has 0 bridgehead atoms. The summed E-state index contributed by atoms with van der Waals surface area (Å²) >= 11 is 0. The third-order valence-corrected chi connectivity index (χ3v) is 2.57. The first-order valence-electron chi connectivity index (χ1n) is 4.89. The van der Waals surface area contributed by atoms with Crippen molar-refractivity contribution in [2.75, 3.05) is 0 Å². The Kier molecular flexibility index (Phi) is 2.20. The molecule has 0 aromatic heterocycles. The second-order valence-electron chi connectivity index (χ2n) is 3.55. The highest BCUT2D eigenvalue weighted by atomic mass is 16.5. The van der Waals surface area contributed by atoms with E-state index >= 15 is 0 Å². The van der Waals surface area contributed by atoms with Crippen LogP contribution in [0.25, 0.3) is 6.08 Å². The fourth-order valence-corrected chi connectivity index (χ4v) is 1.61. The molecule has 0 amide bonds. The van der Waals surface area contributed by atoms with Gasteiger partial charge in [-0.05, 0) is 31.6 Å². The minimum absolute atomic E-state index is 0.142. The molecule has 0 fully saturated rings. The quantitative estimate of drug-likeness (QED) is 0.737. The minimum Gasteiger partial charge on any atom is -0.508 e. The summed E-state index contributed by atoms with van der Waals surface area (Å²) in [6.45, 7) is 3.96. The highest BCUT2D eigenvalue weighted by molar-refractivity contribution is 5.64. The molecule has 1 aliphatic rings. The molecule has 0 aliphatic carbocycles. The van der Waals surface area contributed by atoms with Crippen molar-refractivity contribution < 1.29 is 9.84 Å². The van der Waals surface area contributed by atoms with Crippen LogP contribution in [0.15, 0.2) is 18.2 Å². The molecule has 0 saturated carbocycles. The van der Waals surface area contributed by atoms with Crippen LogP contribution in [-0.4, -0.2) is 11.2 Å². The van der Waals surface area contributed by atoms with Crippen LogP contribution in [0, 0.1) is 6.92 Å². The van der Waals surface area contributed by atoms with Gasteiger partial charge in [-0.1, -0.05) is 13.0 Å². The van der Waals surface area contributed by atoms with Crippen LogP contribution < -0.4 is 4.74 Å². The number of aromatic hydroxyl groups is 1. The molecule has 1 N–H and O–H groups in total. The molecule has 0 spiro atoms. The van der Waals surface area contributed by atoms with Crippen molar-refractivity contribution >= 4 is 6.08 Å². The molecule has 14 heavy (non-hydrogen) atoms. The van der Waals surface area contributed by atoms with Gasteiger partial charge in [0.05, 0.1) is 0 Å². The van der Waals surface area contributed by atoms with Crippen LogP contribution in [0.2, 0.25) is 0 Å². The van der Waals surface area contributed by atoms with E-state index < -0.39 is 0 Å². The summed E-state index contributed by atoms with van der Waals surface area (Å²) in [7, 11) is 0. The van der Waals surface area contributed by atoms with Gasteiger partial charge < -0.3 is 9.84 Å². The fraction of sp³-hybridized carbons (Fsp3) is 0.333. The van der Waals surface area contributed by atoms with Crippen molar-refractivity contribution in [1.82, 2.24) is 0 Å². The highest BCUT2D eigenvalue weighted by Crippen LogP contribution is 2.35. The molecule has 0 saturated heterocycles. The highest BCUT2D eigenvalue weighted by Gasteiger charge is 2.16. The number of hydrogen-bond acceptors (Lipinski definition) is 2. The van der Waals surface area contributed by atoms with E-state index in [9.17, 15) is 5.11 Å². The molecule has 2 rings (SSSR count). The summed E-state index contributed by atoms with van der Waals surface area (Å²) in [5.41, 5.74) is 1.87. The van der Waals surface area contributed by atoms with Gasteiger partial charge in [-0.15, -0.1) is 0 Å². The maximum Gasteiger partial charge on any atom is 0.134 e. The molecule has 0 unspecified atom stereocenters. The molecule has 2 heteroatoms. The maximum atomic E-state index is 9.53. The smallest absolute Gasteiger partial charge is 0.134 e. The zero-order chi connectivity index (χ0) is 10.1. The van der Waals surface area contributed by atoms with E-state index in [-0.39, 0.29) is 6.10 Å². The second kappa shape index (κ2) is 3.37. The fourth-order valence-electron chi connectivity index (χ4n) is 1.61. The van der Waals surface area contributed by atoms with Crippen molar-refractivity contribution in [3.63, 3.8) is 0 Å². The Labute approximate surface area is 83.8 Å². The van der Waals surface area contributed by atoms with E-state index in [4.69, 9.17) is 4.74 Å². The standard InChI is InChI=1S/C12H14O2/c1-3-10-6-4-9-5-7-11(13)8(2)12(9)14-10/h4-7,10,13H,3H2,1-2H3/t10-/m0/s1. The van der Waals surface area contributed by atoms with Gasteiger partial charge in [0.2, 0.25) is 0 Å². The number of phenolic OH excluding ortho intramolecular Hbond substituents is 1. The molecule has 1 heterocycles. The Hall–Kier alpha value is -1.44. The molecular weight excluding hydrogens is 176 g/mol. The van der Waals surface area contributed by atoms with Crippen LogP contribution in [0.1, 0.15) is 24.5 Å². The first-order valence-corrected chi connectivity index (χ1v) is 4.89. The average Bonchev–Trinajstić information content (AvgIpc) is 2.23. The third kappa shape index (κ3) is 1.37. The topological polar surface area (TPSA) is 29.5 Å². The van der Waals surface area contributed by atoms with Crippen molar-refractivity contribution in [3.8, 4) is 11.5 Å². The molecule has 2 nitrogen and oxygen atoms in total. The Morgan fingerprint density at radius 3 is 2.93 bits per heavy atom. The van der Waals surface area contributed by atoms with E-state index in [0.29, 0.717) is 5.75 Å². The molecule has 1 atom stereocenters. The first kappa shape index (κ1) is 9.13. The lowest BCUT2D eigenvalue weighted by Gasteiger charge is -2.22. The summed E-state index contributed by atoms with van der Waals surface area (Å²) in [4.78, 5) is 0. The second-order valence-corrected chi connectivity index (χ2v) is 3.55. The van der Waals surface area contributed by atoms with Crippen LogP contribution in [0.5, 0.6) is 11.5 Å². The molecule has 1 aliphatic heterocycles. The van der Waals surface area contributed by atoms with Gasteiger partial charge >= 0.3 is 0 Å². The SMILES string of the molecule is CC[C@H]1C=Cc2ccc(O)c(C)c2O1. The van der Waals surface area contributed by atoms with E-state index in [1.807, 2.05) is 13.0 Å². The number of rotatable bonds is 1. The van der Waals surface area contributed by atoms with Gasteiger partial charge in [0, 0.05) is 11.1 Å². The van der Waals surface area contributed by atoms with Gasteiger partial charge in [-0.25, -0.2) is 0 Å². The lowest BCUT2D eigenvalue weighted by molar-refractivity contribution is 0.239. The van der Waals surface area contributed by atoms with E-state index in [1.54, 1.807) is 6.07 Å². The summed E-state index contributed by atoms with van der Waals surface area (Å²) in [5, 5.41) is 9.53. The van der Waals surface area contributed by atoms with Crippen molar-refractivity contribution in [3.05, 3.63) is 29.3 Å². The summed E-state index contributed by atoms with van der Waals surface area (Å²) in [6.07, 6.45) is 5.20. The summed E-state index contributed by atoms with van der Waals surface area (Å²) in [5.74, 6) is 1.12. The van der Waals surface area contributed by atoms with Gasteiger partial charge in [-0.2, -0.15) is 0 Å². The largest absolute Gasteiger partial charge is 0.508 e. The van der Waals surface area contributed by atoms with Crippen LogP contribution >= 0.6 is 0 Å². The third-order valence-electron chi connectivity index (χ3n) is 2.57. The summed E-state index contributed by atoms with van der Waals surface area (Å²) in [6, 6.07) is 3.58. The average molecular weight is 190 g/mol. The molecule has 0 radical (unpaired) electrons. The van der Waals surface area contributed by atoms with Gasteiger partial charge in [0.15, 0.2) is 0 Å². The molecular formula is C12H14O2. The molecule has 1 aromatic rings. The van der Waals surface area contributed by atoms with Crippen molar-refractivity contribution in [1.29, 1.82) is 0 Å². The normalized spacial score (nSPS) is 18.9. The predicted molar refractivity (Wildman–Crippen MR) is 56.6 cm³/mol. The number of benzene rings is 1. The van der Waals surface area contributed by atoms with Crippen LogP contribution in [0.4, 0.5) is 0 Å². The number of ether oxygens (including phenoxy) is 1. The van der Waals surface area contributed by atoms with Crippen LogP contribution in [0.3, 0.4) is 0 Å².